The lowest BCUT2D eigenvalue weighted by Gasteiger charge is -2.11. The molecular formula is C25H21ClF3NO3. The molecule has 0 bridgehead atoms. The van der Waals surface area contributed by atoms with Crippen LogP contribution in [0.5, 0.6) is 11.5 Å². The van der Waals surface area contributed by atoms with Crippen LogP contribution in [0.1, 0.15) is 41.0 Å². The topological polar surface area (TPSA) is 56.3 Å². The molecule has 33 heavy (non-hydrogen) atoms. The molecule has 0 saturated heterocycles. The van der Waals surface area contributed by atoms with Crippen LogP contribution in [0, 0.1) is 5.92 Å². The standard InChI is InChI=1S/C25H21ClF3NO3/c1-15(2)24(32)23-14-20(9-10-30-23)33-19-6-3-16(4-7-19)11-18(31)12-17-5-8-22(26)21(13-17)25(27,28)29/h3-10,13-15H,11-12H2,1-2H3. The zero-order valence-corrected chi connectivity index (χ0v) is 18.7. The van der Waals surface area contributed by atoms with E-state index < -0.39 is 16.8 Å². The van der Waals surface area contributed by atoms with Gasteiger partial charge in [0.1, 0.15) is 23.0 Å². The summed E-state index contributed by atoms with van der Waals surface area (Å²) in [6.07, 6.45) is -3.16. The van der Waals surface area contributed by atoms with E-state index in [1.165, 1.54) is 12.3 Å². The highest BCUT2D eigenvalue weighted by Gasteiger charge is 2.33. The van der Waals surface area contributed by atoms with E-state index in [1.54, 1.807) is 50.2 Å². The fourth-order valence-corrected chi connectivity index (χ4v) is 3.36. The predicted octanol–water partition coefficient (Wildman–Crippen LogP) is 6.74. The van der Waals surface area contributed by atoms with Gasteiger partial charge in [-0.05, 0) is 41.5 Å². The smallest absolute Gasteiger partial charge is 0.417 e. The van der Waals surface area contributed by atoms with Crippen LogP contribution < -0.4 is 4.74 Å². The summed E-state index contributed by atoms with van der Waals surface area (Å²) in [6, 6.07) is 13.4. The third kappa shape index (κ3) is 6.65. The number of benzene rings is 2. The van der Waals surface area contributed by atoms with E-state index in [9.17, 15) is 22.8 Å². The molecule has 0 N–H and O–H groups in total. The summed E-state index contributed by atoms with van der Waals surface area (Å²) in [5.74, 6) is 0.467. The number of halogens is 4. The molecule has 0 atom stereocenters. The molecule has 0 amide bonds. The zero-order chi connectivity index (χ0) is 24.2. The van der Waals surface area contributed by atoms with Gasteiger partial charge in [-0.1, -0.05) is 43.6 Å². The molecule has 172 valence electrons. The van der Waals surface area contributed by atoms with Gasteiger partial charge in [0.05, 0.1) is 10.6 Å². The third-order valence-corrected chi connectivity index (χ3v) is 5.14. The molecular weight excluding hydrogens is 455 g/mol. The Hall–Kier alpha value is -3.19. The van der Waals surface area contributed by atoms with Crippen LogP contribution in [0.4, 0.5) is 13.2 Å². The third-order valence-electron chi connectivity index (χ3n) is 4.81. The van der Waals surface area contributed by atoms with Crippen LogP contribution in [-0.2, 0) is 23.8 Å². The summed E-state index contributed by atoms with van der Waals surface area (Å²) >= 11 is 5.62. The summed E-state index contributed by atoms with van der Waals surface area (Å²) in [6.45, 7) is 3.58. The number of pyridine rings is 1. The van der Waals surface area contributed by atoms with Crippen molar-refractivity contribution < 1.29 is 27.5 Å². The van der Waals surface area contributed by atoms with Crippen LogP contribution in [0.25, 0.3) is 0 Å². The van der Waals surface area contributed by atoms with Crippen molar-refractivity contribution in [2.24, 2.45) is 5.92 Å². The molecule has 0 saturated carbocycles. The summed E-state index contributed by atoms with van der Waals surface area (Å²) < 4.78 is 44.8. The number of aromatic nitrogens is 1. The highest BCUT2D eigenvalue weighted by molar-refractivity contribution is 6.31. The molecule has 0 unspecified atom stereocenters. The van der Waals surface area contributed by atoms with Crippen molar-refractivity contribution >= 4 is 23.2 Å². The first-order chi connectivity index (χ1) is 15.5. The lowest BCUT2D eigenvalue weighted by molar-refractivity contribution is -0.137. The van der Waals surface area contributed by atoms with E-state index >= 15 is 0 Å². The molecule has 3 rings (SSSR count). The van der Waals surface area contributed by atoms with Gasteiger partial charge in [0.15, 0.2) is 5.78 Å². The Morgan fingerprint density at radius 1 is 0.939 bits per heavy atom. The van der Waals surface area contributed by atoms with Gasteiger partial charge in [0.2, 0.25) is 0 Å². The van der Waals surface area contributed by atoms with Gasteiger partial charge < -0.3 is 4.74 Å². The van der Waals surface area contributed by atoms with Crippen LogP contribution >= 0.6 is 11.6 Å². The number of Topliss-reactive ketones (excluding diaryl/α,β-unsaturated/α-hetero) is 2. The van der Waals surface area contributed by atoms with Crippen molar-refractivity contribution in [1.82, 2.24) is 4.98 Å². The second kappa shape index (κ2) is 10.2. The normalized spacial score (nSPS) is 11.5. The molecule has 0 radical (unpaired) electrons. The maximum atomic E-state index is 13.0. The van der Waals surface area contributed by atoms with Crippen LogP contribution in [0.15, 0.2) is 60.8 Å². The Morgan fingerprint density at radius 3 is 2.21 bits per heavy atom. The molecule has 1 heterocycles. The molecule has 0 aliphatic carbocycles. The Labute approximate surface area is 194 Å². The minimum Gasteiger partial charge on any atom is -0.457 e. The maximum Gasteiger partial charge on any atom is 0.417 e. The van der Waals surface area contributed by atoms with Gasteiger partial charge >= 0.3 is 6.18 Å². The molecule has 1 aromatic heterocycles. The summed E-state index contributed by atoms with van der Waals surface area (Å²) in [7, 11) is 0. The van der Waals surface area contributed by atoms with Crippen LogP contribution in [-0.4, -0.2) is 16.6 Å². The number of hydrogen-bond donors (Lipinski definition) is 0. The monoisotopic (exact) mass is 475 g/mol. The van der Waals surface area contributed by atoms with Crippen molar-refractivity contribution in [1.29, 1.82) is 0 Å². The quantitative estimate of drug-likeness (QED) is 0.338. The minimum atomic E-state index is -4.58. The predicted molar refractivity (Wildman–Crippen MR) is 119 cm³/mol. The highest BCUT2D eigenvalue weighted by atomic mass is 35.5. The van der Waals surface area contributed by atoms with Gasteiger partial charge in [-0.15, -0.1) is 0 Å². The van der Waals surface area contributed by atoms with E-state index in [0.29, 0.717) is 22.8 Å². The number of ether oxygens (including phenoxy) is 1. The Morgan fingerprint density at radius 2 is 1.58 bits per heavy atom. The van der Waals surface area contributed by atoms with Crippen LogP contribution in [0.2, 0.25) is 5.02 Å². The maximum absolute atomic E-state index is 13.0. The Balaban J connectivity index is 1.63. The van der Waals surface area contributed by atoms with Gasteiger partial charge in [-0.2, -0.15) is 13.2 Å². The summed E-state index contributed by atoms with van der Waals surface area (Å²) in [5.41, 5.74) is 0.315. The fourth-order valence-electron chi connectivity index (χ4n) is 3.13. The molecule has 3 aromatic rings. The van der Waals surface area contributed by atoms with E-state index in [4.69, 9.17) is 16.3 Å². The van der Waals surface area contributed by atoms with E-state index in [-0.39, 0.29) is 35.9 Å². The van der Waals surface area contributed by atoms with Gasteiger partial charge in [0, 0.05) is 31.0 Å². The van der Waals surface area contributed by atoms with Crippen molar-refractivity contribution in [3.05, 3.63) is 88.2 Å². The number of carbonyl (C=O) groups excluding carboxylic acids is 2. The van der Waals surface area contributed by atoms with E-state index in [1.807, 2.05) is 0 Å². The molecule has 0 spiro atoms. The number of alkyl halides is 3. The number of rotatable bonds is 8. The zero-order valence-electron chi connectivity index (χ0n) is 17.9. The van der Waals surface area contributed by atoms with Crippen molar-refractivity contribution in [2.45, 2.75) is 32.9 Å². The molecule has 4 nitrogen and oxygen atoms in total. The molecule has 0 aliphatic rings. The van der Waals surface area contributed by atoms with Gasteiger partial charge in [0.25, 0.3) is 0 Å². The lowest BCUT2D eigenvalue weighted by Crippen LogP contribution is -2.10. The second-order valence-corrected chi connectivity index (χ2v) is 8.25. The molecule has 0 aliphatic heterocycles. The van der Waals surface area contributed by atoms with Gasteiger partial charge in [-0.3, -0.25) is 14.6 Å². The number of hydrogen-bond acceptors (Lipinski definition) is 4. The average Bonchev–Trinajstić information content (AvgIpc) is 2.75. The van der Waals surface area contributed by atoms with Crippen LogP contribution in [0.3, 0.4) is 0 Å². The lowest BCUT2D eigenvalue weighted by atomic mass is 10.0. The first-order valence-electron chi connectivity index (χ1n) is 10.2. The Bertz CT molecular complexity index is 1160. The average molecular weight is 476 g/mol. The molecule has 0 fully saturated rings. The van der Waals surface area contributed by atoms with Crippen molar-refractivity contribution in [3.8, 4) is 11.5 Å². The second-order valence-electron chi connectivity index (χ2n) is 7.85. The molecule has 2 aromatic carbocycles. The molecule has 8 heteroatoms. The minimum absolute atomic E-state index is 0.0621. The highest BCUT2D eigenvalue weighted by Crippen LogP contribution is 2.35. The van der Waals surface area contributed by atoms with Gasteiger partial charge in [-0.25, -0.2) is 0 Å². The van der Waals surface area contributed by atoms with Crippen molar-refractivity contribution in [2.75, 3.05) is 0 Å². The summed E-state index contributed by atoms with van der Waals surface area (Å²) in [5, 5.41) is -0.399. The largest absolute Gasteiger partial charge is 0.457 e. The SMILES string of the molecule is CC(C)C(=O)c1cc(Oc2ccc(CC(=O)Cc3ccc(Cl)c(C(F)(F)F)c3)cc2)ccn1. The number of carbonyl (C=O) groups is 2. The van der Waals surface area contributed by atoms with Crippen molar-refractivity contribution in [3.63, 3.8) is 0 Å². The summed E-state index contributed by atoms with van der Waals surface area (Å²) in [4.78, 5) is 28.5. The first kappa shape index (κ1) is 24.5. The Kier molecular flexibility index (Phi) is 7.53. The number of ketones is 2. The van der Waals surface area contributed by atoms with E-state index in [0.717, 1.165) is 12.1 Å². The first-order valence-corrected chi connectivity index (χ1v) is 10.5. The van der Waals surface area contributed by atoms with E-state index in [2.05, 4.69) is 4.98 Å². The number of nitrogens with zero attached hydrogens (tertiary/aromatic N) is 1. The fraction of sp³-hybridized carbons (Fsp3) is 0.240.